The Morgan fingerprint density at radius 1 is 1.29 bits per heavy atom. The Bertz CT molecular complexity index is 909. The molecule has 0 radical (unpaired) electrons. The van der Waals surface area contributed by atoms with Crippen molar-refractivity contribution in [3.8, 4) is 5.75 Å². The highest BCUT2D eigenvalue weighted by Gasteiger charge is 2.20. The molecule has 0 unspecified atom stereocenters. The third-order valence-corrected chi connectivity index (χ3v) is 4.80. The molecular weight excluding hydrogens is 358 g/mol. The minimum Gasteiger partial charge on any atom is -0.490 e. The van der Waals surface area contributed by atoms with E-state index in [0.717, 1.165) is 13.0 Å². The minimum atomic E-state index is -0.498. The van der Waals surface area contributed by atoms with Crippen LogP contribution in [-0.4, -0.2) is 42.5 Å². The number of nitrogens with zero attached hydrogens (tertiary/aromatic N) is 2. The molecule has 2 aromatic rings. The van der Waals surface area contributed by atoms with Crippen molar-refractivity contribution in [2.24, 2.45) is 0 Å². The lowest BCUT2D eigenvalue weighted by Crippen LogP contribution is -2.36. The summed E-state index contributed by atoms with van der Waals surface area (Å²) in [6.07, 6.45) is 3.05. The molecule has 1 heterocycles. The number of aryl methyl sites for hydroxylation is 1. The standard InChI is InChI=1S/C21H23N3O4/c1-15-12-19(24(26)27)20(28-2)13-18(15)22-21(25)14-23-10-8-17(9-11-23)16-6-4-3-5-7-16/h3-8,12-13H,9-11,14H2,1-2H3,(H,22,25). The van der Waals surface area contributed by atoms with Crippen LogP contribution < -0.4 is 10.1 Å². The lowest BCUT2D eigenvalue weighted by molar-refractivity contribution is -0.385. The Hall–Kier alpha value is -3.19. The molecule has 0 spiro atoms. The van der Waals surface area contributed by atoms with E-state index in [1.807, 2.05) is 18.2 Å². The Labute approximate surface area is 163 Å². The molecule has 0 saturated carbocycles. The van der Waals surface area contributed by atoms with Gasteiger partial charge in [-0.3, -0.25) is 19.8 Å². The average Bonchev–Trinajstić information content (AvgIpc) is 2.70. The van der Waals surface area contributed by atoms with Crippen molar-refractivity contribution in [3.63, 3.8) is 0 Å². The number of benzene rings is 2. The van der Waals surface area contributed by atoms with E-state index >= 15 is 0 Å². The molecule has 2 aromatic carbocycles. The maximum atomic E-state index is 12.5. The number of nitrogens with one attached hydrogen (secondary N) is 1. The number of ether oxygens (including phenoxy) is 1. The number of carbonyl (C=O) groups excluding carboxylic acids is 1. The Morgan fingerprint density at radius 3 is 2.64 bits per heavy atom. The van der Waals surface area contributed by atoms with Crippen LogP contribution in [0.25, 0.3) is 5.57 Å². The maximum Gasteiger partial charge on any atom is 0.311 e. The van der Waals surface area contributed by atoms with E-state index < -0.39 is 4.92 Å². The van der Waals surface area contributed by atoms with Crippen molar-refractivity contribution in [3.05, 3.63) is 69.8 Å². The third-order valence-electron chi connectivity index (χ3n) is 4.80. The van der Waals surface area contributed by atoms with Crippen molar-refractivity contribution >= 4 is 22.9 Å². The second-order valence-electron chi connectivity index (χ2n) is 6.72. The van der Waals surface area contributed by atoms with E-state index in [-0.39, 0.29) is 23.9 Å². The summed E-state index contributed by atoms with van der Waals surface area (Å²) in [5.41, 5.74) is 3.54. The predicted octanol–water partition coefficient (Wildman–Crippen LogP) is 3.64. The number of methoxy groups -OCH3 is 1. The fraction of sp³-hybridized carbons (Fsp3) is 0.286. The van der Waals surface area contributed by atoms with Crippen LogP contribution >= 0.6 is 0 Å². The van der Waals surface area contributed by atoms with Gasteiger partial charge in [0.25, 0.3) is 0 Å². The highest BCUT2D eigenvalue weighted by molar-refractivity contribution is 5.93. The summed E-state index contributed by atoms with van der Waals surface area (Å²) in [7, 11) is 1.37. The summed E-state index contributed by atoms with van der Waals surface area (Å²) in [6, 6.07) is 13.1. The molecule has 0 aromatic heterocycles. The molecule has 0 aliphatic carbocycles. The van der Waals surface area contributed by atoms with Gasteiger partial charge in [-0.2, -0.15) is 0 Å². The highest BCUT2D eigenvalue weighted by atomic mass is 16.6. The van der Waals surface area contributed by atoms with E-state index in [1.54, 1.807) is 6.92 Å². The van der Waals surface area contributed by atoms with Crippen LogP contribution in [0.4, 0.5) is 11.4 Å². The normalized spacial score (nSPS) is 14.3. The topological polar surface area (TPSA) is 84.7 Å². The zero-order valence-corrected chi connectivity index (χ0v) is 16.0. The third kappa shape index (κ3) is 4.55. The zero-order valence-electron chi connectivity index (χ0n) is 16.0. The molecule has 1 amide bonds. The van der Waals surface area contributed by atoms with Crippen molar-refractivity contribution in [1.29, 1.82) is 0 Å². The van der Waals surface area contributed by atoms with Crippen LogP contribution in [0, 0.1) is 17.0 Å². The van der Waals surface area contributed by atoms with Gasteiger partial charge in [0, 0.05) is 30.9 Å². The molecule has 1 aliphatic rings. The van der Waals surface area contributed by atoms with E-state index in [0.29, 0.717) is 17.8 Å². The second-order valence-corrected chi connectivity index (χ2v) is 6.72. The van der Waals surface area contributed by atoms with Gasteiger partial charge in [0.05, 0.1) is 18.6 Å². The van der Waals surface area contributed by atoms with Crippen LogP contribution in [0.3, 0.4) is 0 Å². The van der Waals surface area contributed by atoms with Crippen LogP contribution in [0.15, 0.2) is 48.5 Å². The second kappa shape index (κ2) is 8.67. The van der Waals surface area contributed by atoms with E-state index in [1.165, 1.54) is 30.4 Å². The van der Waals surface area contributed by atoms with Crippen molar-refractivity contribution in [1.82, 2.24) is 4.90 Å². The summed E-state index contributed by atoms with van der Waals surface area (Å²) < 4.78 is 5.08. The summed E-state index contributed by atoms with van der Waals surface area (Å²) in [5, 5.41) is 13.9. The molecule has 28 heavy (non-hydrogen) atoms. The minimum absolute atomic E-state index is 0.118. The maximum absolute atomic E-state index is 12.5. The molecule has 1 aliphatic heterocycles. The fourth-order valence-electron chi connectivity index (χ4n) is 3.28. The largest absolute Gasteiger partial charge is 0.490 e. The van der Waals surface area contributed by atoms with Crippen LogP contribution in [-0.2, 0) is 4.79 Å². The van der Waals surface area contributed by atoms with E-state index in [9.17, 15) is 14.9 Å². The fourth-order valence-corrected chi connectivity index (χ4v) is 3.28. The van der Waals surface area contributed by atoms with Gasteiger partial charge in [-0.1, -0.05) is 36.4 Å². The smallest absolute Gasteiger partial charge is 0.311 e. The number of anilines is 1. The Kier molecular flexibility index (Phi) is 6.06. The first-order chi connectivity index (χ1) is 13.5. The lowest BCUT2D eigenvalue weighted by Gasteiger charge is -2.26. The number of amides is 1. The summed E-state index contributed by atoms with van der Waals surface area (Å²) in [5.74, 6) is -0.0325. The van der Waals surface area contributed by atoms with Crippen LogP contribution in [0.5, 0.6) is 5.75 Å². The van der Waals surface area contributed by atoms with Crippen molar-refractivity contribution < 1.29 is 14.5 Å². The molecule has 0 fully saturated rings. The van der Waals surface area contributed by atoms with Gasteiger partial charge in [0.2, 0.25) is 5.91 Å². The number of hydrogen-bond acceptors (Lipinski definition) is 5. The summed E-state index contributed by atoms with van der Waals surface area (Å²) in [4.78, 5) is 25.1. The Balaban J connectivity index is 1.62. The molecule has 0 bridgehead atoms. The van der Waals surface area contributed by atoms with Crippen LogP contribution in [0.2, 0.25) is 0 Å². The summed E-state index contributed by atoms with van der Waals surface area (Å²) in [6.45, 7) is 3.49. The number of nitro benzene ring substituents is 1. The summed E-state index contributed by atoms with van der Waals surface area (Å²) >= 11 is 0. The zero-order chi connectivity index (χ0) is 20.1. The SMILES string of the molecule is COc1cc(NC(=O)CN2CC=C(c3ccccc3)CC2)c(C)cc1[N+](=O)[O-]. The van der Waals surface area contributed by atoms with Gasteiger partial charge in [-0.15, -0.1) is 0 Å². The van der Waals surface area contributed by atoms with Crippen molar-refractivity contribution in [2.75, 3.05) is 32.1 Å². The molecule has 1 N–H and O–H groups in total. The van der Waals surface area contributed by atoms with Gasteiger partial charge in [0.15, 0.2) is 5.75 Å². The average molecular weight is 381 g/mol. The molecule has 0 atom stereocenters. The van der Waals surface area contributed by atoms with E-state index in [4.69, 9.17) is 4.74 Å². The quantitative estimate of drug-likeness (QED) is 0.610. The van der Waals surface area contributed by atoms with Gasteiger partial charge >= 0.3 is 5.69 Å². The molecular formula is C21H23N3O4. The van der Waals surface area contributed by atoms with Gasteiger partial charge in [-0.25, -0.2) is 0 Å². The number of nitro groups is 1. The molecule has 7 heteroatoms. The first-order valence-electron chi connectivity index (χ1n) is 9.07. The van der Waals surface area contributed by atoms with Crippen molar-refractivity contribution in [2.45, 2.75) is 13.3 Å². The number of carbonyl (C=O) groups is 1. The first kappa shape index (κ1) is 19.6. The van der Waals surface area contributed by atoms with Crippen LogP contribution in [0.1, 0.15) is 17.5 Å². The predicted molar refractivity (Wildman–Crippen MR) is 108 cm³/mol. The van der Waals surface area contributed by atoms with Gasteiger partial charge in [0.1, 0.15) is 0 Å². The Morgan fingerprint density at radius 2 is 2.04 bits per heavy atom. The number of hydrogen-bond donors (Lipinski definition) is 1. The molecule has 7 nitrogen and oxygen atoms in total. The molecule has 0 saturated heterocycles. The number of rotatable bonds is 6. The monoisotopic (exact) mass is 381 g/mol. The van der Waals surface area contributed by atoms with E-state index in [2.05, 4.69) is 28.4 Å². The lowest BCUT2D eigenvalue weighted by atomic mass is 10.00. The van der Waals surface area contributed by atoms with Gasteiger partial charge in [-0.05, 0) is 30.0 Å². The van der Waals surface area contributed by atoms with Gasteiger partial charge < -0.3 is 10.1 Å². The molecule has 3 rings (SSSR count). The first-order valence-corrected chi connectivity index (χ1v) is 9.07. The molecule has 146 valence electrons. The highest BCUT2D eigenvalue weighted by Crippen LogP contribution is 2.32.